The third kappa shape index (κ3) is 3.15. The Morgan fingerprint density at radius 3 is 2.06 bits per heavy atom. The van der Waals surface area contributed by atoms with Crippen molar-refractivity contribution in [2.24, 2.45) is 5.41 Å². The van der Waals surface area contributed by atoms with Crippen LogP contribution in [0.15, 0.2) is 18.2 Å². The number of benzene rings is 1. The molecule has 1 aromatic carbocycles. The summed E-state index contributed by atoms with van der Waals surface area (Å²) < 4.78 is 38.8. The van der Waals surface area contributed by atoms with Crippen LogP contribution in [-0.4, -0.2) is 0 Å². The molecule has 0 aliphatic heterocycles. The first kappa shape index (κ1) is 14.4. The molecule has 0 aliphatic carbocycles. The molecule has 0 fully saturated rings. The summed E-state index contributed by atoms with van der Waals surface area (Å²) >= 11 is 5.94. The van der Waals surface area contributed by atoms with Crippen LogP contribution >= 0.6 is 11.6 Å². The molecular weight excluding hydrogens is 249 g/mol. The number of rotatable bonds is 1. The van der Waals surface area contributed by atoms with E-state index in [2.05, 4.69) is 0 Å². The zero-order chi connectivity index (χ0) is 13.4. The number of halogens is 4. The van der Waals surface area contributed by atoms with Crippen LogP contribution in [0, 0.1) is 5.41 Å². The lowest BCUT2D eigenvalue weighted by molar-refractivity contribution is -0.138. The van der Waals surface area contributed by atoms with Crippen LogP contribution in [0.5, 0.6) is 0 Å². The predicted octanol–water partition coefficient (Wildman–Crippen LogP) is 5.51. The highest BCUT2D eigenvalue weighted by atomic mass is 35.5. The molecule has 0 nitrogen and oxygen atoms in total. The Balaban J connectivity index is 3.41. The summed E-state index contributed by atoms with van der Waals surface area (Å²) in [5, 5.41) is 0.183. The van der Waals surface area contributed by atoms with E-state index in [9.17, 15) is 13.2 Å². The fourth-order valence-electron chi connectivity index (χ4n) is 1.66. The fraction of sp³-hybridized carbons (Fsp3) is 0.538. The maximum Gasteiger partial charge on any atom is 0.416 e. The van der Waals surface area contributed by atoms with Gasteiger partial charge in [-0.05, 0) is 29.0 Å². The third-order valence-corrected chi connectivity index (χ3v) is 3.42. The topological polar surface area (TPSA) is 0 Å². The molecule has 0 radical (unpaired) electrons. The second-order valence-electron chi connectivity index (χ2n) is 5.29. The molecular formula is C13H16ClF3. The zero-order valence-corrected chi connectivity index (χ0v) is 11.1. The lowest BCUT2D eigenvalue weighted by atomic mass is 9.76. The van der Waals surface area contributed by atoms with Crippen molar-refractivity contribution >= 4 is 11.6 Å². The lowest BCUT2D eigenvalue weighted by Gasteiger charge is -2.30. The summed E-state index contributed by atoms with van der Waals surface area (Å²) in [5.74, 6) is -0.271. The lowest BCUT2D eigenvalue weighted by Crippen LogP contribution is -2.20. The van der Waals surface area contributed by atoms with Gasteiger partial charge in [0.05, 0.1) is 5.56 Å². The Bertz CT molecular complexity index is 402. The molecule has 96 valence electrons. The second kappa shape index (κ2) is 4.52. The summed E-state index contributed by atoms with van der Waals surface area (Å²) in [6.07, 6.45) is -4.36. The van der Waals surface area contributed by atoms with E-state index >= 15 is 0 Å². The van der Waals surface area contributed by atoms with E-state index in [1.807, 2.05) is 20.8 Å². The summed E-state index contributed by atoms with van der Waals surface area (Å²) in [7, 11) is 0. The van der Waals surface area contributed by atoms with Gasteiger partial charge in [-0.3, -0.25) is 0 Å². The molecule has 1 rings (SSSR count). The first-order valence-corrected chi connectivity index (χ1v) is 5.78. The molecule has 0 N–H and O–H groups in total. The summed E-state index contributed by atoms with van der Waals surface area (Å²) in [5.41, 5.74) is -0.716. The van der Waals surface area contributed by atoms with Crippen LogP contribution in [0.3, 0.4) is 0 Å². The highest BCUT2D eigenvalue weighted by Gasteiger charge is 2.37. The van der Waals surface area contributed by atoms with Crippen LogP contribution in [0.1, 0.15) is 44.7 Å². The summed E-state index contributed by atoms with van der Waals surface area (Å²) in [4.78, 5) is 0. The van der Waals surface area contributed by atoms with Crippen LogP contribution in [0.25, 0.3) is 0 Å². The van der Waals surface area contributed by atoms with E-state index in [1.165, 1.54) is 12.1 Å². The molecule has 1 aromatic rings. The van der Waals surface area contributed by atoms with Crippen molar-refractivity contribution in [2.45, 2.75) is 39.8 Å². The molecule has 0 saturated heterocycles. The van der Waals surface area contributed by atoms with Crippen LogP contribution in [0.2, 0.25) is 5.02 Å². The molecule has 4 heteroatoms. The highest BCUT2D eigenvalue weighted by molar-refractivity contribution is 6.31. The maximum absolute atomic E-state index is 12.9. The Morgan fingerprint density at radius 1 is 1.12 bits per heavy atom. The van der Waals surface area contributed by atoms with Crippen molar-refractivity contribution in [3.05, 3.63) is 34.3 Å². The van der Waals surface area contributed by atoms with Gasteiger partial charge in [0.25, 0.3) is 0 Å². The van der Waals surface area contributed by atoms with Gasteiger partial charge in [-0.2, -0.15) is 13.2 Å². The Morgan fingerprint density at radius 2 is 1.65 bits per heavy atom. The SMILES string of the molecule is C[C@H](c1c(Cl)cccc1C(F)(F)F)C(C)(C)C. The smallest absolute Gasteiger partial charge is 0.166 e. The van der Waals surface area contributed by atoms with Gasteiger partial charge in [-0.25, -0.2) is 0 Å². The van der Waals surface area contributed by atoms with Gasteiger partial charge in [0.2, 0.25) is 0 Å². The highest BCUT2D eigenvalue weighted by Crippen LogP contribution is 2.44. The van der Waals surface area contributed by atoms with Crippen molar-refractivity contribution < 1.29 is 13.2 Å². The Labute approximate surface area is 105 Å². The standard InChI is InChI=1S/C13H16ClF3/c1-8(12(2,3)4)11-9(13(15,16)17)6-5-7-10(11)14/h5-8H,1-4H3/t8-/m1/s1. The van der Waals surface area contributed by atoms with E-state index in [4.69, 9.17) is 11.6 Å². The Hall–Kier alpha value is -0.700. The first-order valence-electron chi connectivity index (χ1n) is 5.40. The van der Waals surface area contributed by atoms with Gasteiger partial charge < -0.3 is 0 Å². The van der Waals surface area contributed by atoms with Gasteiger partial charge in [0.1, 0.15) is 0 Å². The normalized spacial score (nSPS) is 14.8. The average Bonchev–Trinajstić information content (AvgIpc) is 2.13. The molecule has 0 amide bonds. The van der Waals surface area contributed by atoms with Crippen LogP contribution in [0.4, 0.5) is 13.2 Å². The van der Waals surface area contributed by atoms with Crippen LogP contribution < -0.4 is 0 Å². The van der Waals surface area contributed by atoms with E-state index in [-0.39, 0.29) is 21.9 Å². The summed E-state index contributed by atoms with van der Waals surface area (Å²) in [6, 6.07) is 3.93. The molecule has 0 aliphatic rings. The number of hydrogen-bond acceptors (Lipinski definition) is 0. The molecule has 0 spiro atoms. The van der Waals surface area contributed by atoms with E-state index < -0.39 is 11.7 Å². The fourth-order valence-corrected chi connectivity index (χ4v) is 2.00. The minimum atomic E-state index is -4.36. The monoisotopic (exact) mass is 264 g/mol. The quantitative estimate of drug-likeness (QED) is 0.627. The van der Waals surface area contributed by atoms with Crippen molar-refractivity contribution in [1.29, 1.82) is 0 Å². The van der Waals surface area contributed by atoms with Gasteiger partial charge in [0, 0.05) is 5.02 Å². The predicted molar refractivity (Wildman–Crippen MR) is 64.3 cm³/mol. The van der Waals surface area contributed by atoms with Crippen molar-refractivity contribution in [1.82, 2.24) is 0 Å². The van der Waals surface area contributed by atoms with Crippen molar-refractivity contribution in [3.63, 3.8) is 0 Å². The van der Waals surface area contributed by atoms with E-state index in [1.54, 1.807) is 6.92 Å². The van der Waals surface area contributed by atoms with Gasteiger partial charge in [-0.15, -0.1) is 0 Å². The summed E-state index contributed by atoms with van der Waals surface area (Å²) in [6.45, 7) is 7.49. The van der Waals surface area contributed by atoms with Crippen molar-refractivity contribution in [2.75, 3.05) is 0 Å². The second-order valence-corrected chi connectivity index (χ2v) is 5.69. The number of hydrogen-bond donors (Lipinski definition) is 0. The van der Waals surface area contributed by atoms with Gasteiger partial charge in [-0.1, -0.05) is 45.4 Å². The first-order chi connectivity index (χ1) is 7.55. The van der Waals surface area contributed by atoms with E-state index in [0.717, 1.165) is 6.07 Å². The minimum absolute atomic E-state index is 0.183. The molecule has 0 unspecified atom stereocenters. The third-order valence-electron chi connectivity index (χ3n) is 3.09. The van der Waals surface area contributed by atoms with E-state index in [0.29, 0.717) is 0 Å². The van der Waals surface area contributed by atoms with Crippen LogP contribution in [-0.2, 0) is 6.18 Å². The molecule has 0 aromatic heterocycles. The molecule has 0 bridgehead atoms. The average molecular weight is 265 g/mol. The maximum atomic E-state index is 12.9. The van der Waals surface area contributed by atoms with Gasteiger partial charge >= 0.3 is 6.18 Å². The Kier molecular flexibility index (Phi) is 3.82. The molecule has 0 saturated carbocycles. The number of alkyl halides is 3. The molecule has 17 heavy (non-hydrogen) atoms. The zero-order valence-electron chi connectivity index (χ0n) is 10.3. The molecule has 1 atom stereocenters. The van der Waals surface area contributed by atoms with Gasteiger partial charge in [0.15, 0.2) is 0 Å². The minimum Gasteiger partial charge on any atom is -0.166 e. The molecule has 0 heterocycles. The largest absolute Gasteiger partial charge is 0.416 e. The van der Waals surface area contributed by atoms with Crippen molar-refractivity contribution in [3.8, 4) is 0 Å².